The summed E-state index contributed by atoms with van der Waals surface area (Å²) in [6, 6.07) is 11.6. The quantitative estimate of drug-likeness (QED) is 0.758. The highest BCUT2D eigenvalue weighted by Crippen LogP contribution is 2.28. The van der Waals surface area contributed by atoms with Crippen molar-refractivity contribution in [1.82, 2.24) is 25.3 Å². The van der Waals surface area contributed by atoms with Crippen LogP contribution in [0, 0.1) is 6.92 Å². The molecule has 1 saturated heterocycles. The van der Waals surface area contributed by atoms with Gasteiger partial charge in [-0.05, 0) is 6.92 Å². The molecule has 26 heavy (non-hydrogen) atoms. The predicted molar refractivity (Wildman–Crippen MR) is 102 cm³/mol. The number of nitrogens with zero attached hydrogens (tertiary/aromatic N) is 5. The Kier molecular flexibility index (Phi) is 4.77. The minimum Gasteiger partial charge on any atom is -0.367 e. The second-order valence-corrected chi connectivity index (χ2v) is 7.58. The van der Waals surface area contributed by atoms with E-state index in [1.54, 1.807) is 17.4 Å². The standard InChI is InChI=1S/C18H20N6OS/c1-13-19-21-17(26-13)12-23-7-9-24(10-8-23)15-11-16(25)20-22-18(15)14-5-3-2-4-6-14/h2-6,11H,7-10,12H2,1H3,(H,20,25). The molecule has 7 nitrogen and oxygen atoms in total. The predicted octanol–water partition coefficient (Wildman–Crippen LogP) is 1.92. The van der Waals surface area contributed by atoms with Crippen LogP contribution in [0.15, 0.2) is 41.2 Å². The molecule has 0 spiro atoms. The van der Waals surface area contributed by atoms with Crippen LogP contribution in [0.2, 0.25) is 0 Å². The van der Waals surface area contributed by atoms with E-state index in [-0.39, 0.29) is 5.56 Å². The Balaban J connectivity index is 1.51. The number of piperazine rings is 1. The lowest BCUT2D eigenvalue weighted by Gasteiger charge is -2.36. The third kappa shape index (κ3) is 3.66. The van der Waals surface area contributed by atoms with E-state index in [9.17, 15) is 4.79 Å². The zero-order chi connectivity index (χ0) is 17.9. The minimum absolute atomic E-state index is 0.175. The van der Waals surface area contributed by atoms with Gasteiger partial charge in [0.25, 0.3) is 5.56 Å². The summed E-state index contributed by atoms with van der Waals surface area (Å²) in [6.07, 6.45) is 0. The number of aryl methyl sites for hydroxylation is 1. The summed E-state index contributed by atoms with van der Waals surface area (Å²) in [6.45, 7) is 6.34. The second kappa shape index (κ2) is 7.35. The van der Waals surface area contributed by atoms with Crippen LogP contribution in [-0.4, -0.2) is 51.5 Å². The van der Waals surface area contributed by atoms with Crippen molar-refractivity contribution in [2.24, 2.45) is 0 Å². The molecule has 1 aliphatic heterocycles. The normalized spacial score (nSPS) is 15.3. The van der Waals surface area contributed by atoms with E-state index in [1.165, 1.54) is 0 Å². The molecule has 1 aliphatic rings. The van der Waals surface area contributed by atoms with Gasteiger partial charge in [0.2, 0.25) is 0 Å². The van der Waals surface area contributed by atoms with Crippen LogP contribution < -0.4 is 10.5 Å². The number of benzene rings is 1. The molecule has 134 valence electrons. The van der Waals surface area contributed by atoms with Crippen LogP contribution >= 0.6 is 11.3 Å². The Labute approximate surface area is 155 Å². The van der Waals surface area contributed by atoms with Crippen LogP contribution in [0.25, 0.3) is 11.3 Å². The van der Waals surface area contributed by atoms with Crippen molar-refractivity contribution in [2.75, 3.05) is 31.1 Å². The molecule has 0 unspecified atom stereocenters. The highest BCUT2D eigenvalue weighted by molar-refractivity contribution is 7.11. The lowest BCUT2D eigenvalue weighted by Crippen LogP contribution is -2.46. The highest BCUT2D eigenvalue weighted by Gasteiger charge is 2.22. The molecule has 2 aromatic heterocycles. The summed E-state index contributed by atoms with van der Waals surface area (Å²) in [4.78, 5) is 16.5. The van der Waals surface area contributed by atoms with E-state index in [0.717, 1.165) is 59.7 Å². The first-order chi connectivity index (χ1) is 12.7. The van der Waals surface area contributed by atoms with Crippen LogP contribution in [0.3, 0.4) is 0 Å². The molecule has 0 bridgehead atoms. The third-order valence-electron chi connectivity index (χ3n) is 4.48. The van der Waals surface area contributed by atoms with Gasteiger partial charge in [-0.25, -0.2) is 5.10 Å². The fourth-order valence-electron chi connectivity index (χ4n) is 3.18. The van der Waals surface area contributed by atoms with E-state index in [0.29, 0.717) is 0 Å². The number of anilines is 1. The van der Waals surface area contributed by atoms with E-state index in [1.807, 2.05) is 37.3 Å². The number of H-pyrrole nitrogens is 1. The maximum atomic E-state index is 11.9. The Morgan fingerprint density at radius 2 is 1.88 bits per heavy atom. The second-order valence-electron chi connectivity index (χ2n) is 6.31. The summed E-state index contributed by atoms with van der Waals surface area (Å²) in [5, 5.41) is 17.2. The van der Waals surface area contributed by atoms with E-state index < -0.39 is 0 Å². The average molecular weight is 368 g/mol. The van der Waals surface area contributed by atoms with Gasteiger partial charge in [-0.3, -0.25) is 9.69 Å². The number of nitrogens with one attached hydrogen (secondary N) is 1. The first-order valence-corrected chi connectivity index (χ1v) is 9.42. The number of aromatic nitrogens is 4. The molecule has 8 heteroatoms. The molecule has 3 aromatic rings. The monoisotopic (exact) mass is 368 g/mol. The Hall–Kier alpha value is -2.58. The van der Waals surface area contributed by atoms with E-state index in [2.05, 4.69) is 30.2 Å². The van der Waals surface area contributed by atoms with E-state index >= 15 is 0 Å². The largest absolute Gasteiger partial charge is 0.367 e. The van der Waals surface area contributed by atoms with Crippen LogP contribution in [0.4, 0.5) is 5.69 Å². The van der Waals surface area contributed by atoms with Crippen LogP contribution in [0.1, 0.15) is 10.0 Å². The number of hydrogen-bond donors (Lipinski definition) is 1. The molecule has 0 radical (unpaired) electrons. The molecule has 3 heterocycles. The Morgan fingerprint density at radius 3 is 2.58 bits per heavy atom. The molecule has 0 aliphatic carbocycles. The van der Waals surface area contributed by atoms with Gasteiger partial charge in [0.1, 0.15) is 15.7 Å². The molecule has 0 saturated carbocycles. The first kappa shape index (κ1) is 16.9. The fraction of sp³-hybridized carbons (Fsp3) is 0.333. The summed E-state index contributed by atoms with van der Waals surface area (Å²) in [5.74, 6) is 0. The van der Waals surface area contributed by atoms with Crippen molar-refractivity contribution in [3.8, 4) is 11.3 Å². The SMILES string of the molecule is Cc1nnc(CN2CCN(c3cc(=O)[nH]nc3-c3ccccc3)CC2)s1. The van der Waals surface area contributed by atoms with Gasteiger partial charge in [0.15, 0.2) is 0 Å². The average Bonchev–Trinajstić information content (AvgIpc) is 3.08. The number of rotatable bonds is 4. The Morgan fingerprint density at radius 1 is 1.12 bits per heavy atom. The molecule has 1 N–H and O–H groups in total. The van der Waals surface area contributed by atoms with Gasteiger partial charge in [-0.15, -0.1) is 21.5 Å². The van der Waals surface area contributed by atoms with Gasteiger partial charge >= 0.3 is 0 Å². The molecular weight excluding hydrogens is 348 g/mol. The molecule has 0 amide bonds. The molecule has 0 atom stereocenters. The van der Waals surface area contributed by atoms with Gasteiger partial charge in [0.05, 0.1) is 12.2 Å². The maximum absolute atomic E-state index is 11.9. The van der Waals surface area contributed by atoms with Crippen molar-refractivity contribution in [2.45, 2.75) is 13.5 Å². The lowest BCUT2D eigenvalue weighted by atomic mass is 10.1. The van der Waals surface area contributed by atoms with Gasteiger partial charge in [-0.2, -0.15) is 5.10 Å². The smallest absolute Gasteiger partial charge is 0.266 e. The van der Waals surface area contributed by atoms with Crippen molar-refractivity contribution >= 4 is 17.0 Å². The number of aromatic amines is 1. The molecule has 1 aromatic carbocycles. The maximum Gasteiger partial charge on any atom is 0.266 e. The van der Waals surface area contributed by atoms with Gasteiger partial charge in [-0.1, -0.05) is 30.3 Å². The van der Waals surface area contributed by atoms with Gasteiger partial charge in [0, 0.05) is 37.8 Å². The molecule has 1 fully saturated rings. The molecular formula is C18H20N6OS. The Bertz CT molecular complexity index is 930. The lowest BCUT2D eigenvalue weighted by molar-refractivity contribution is 0.249. The van der Waals surface area contributed by atoms with Crippen LogP contribution in [0.5, 0.6) is 0 Å². The van der Waals surface area contributed by atoms with Crippen LogP contribution in [-0.2, 0) is 6.54 Å². The topological polar surface area (TPSA) is 78.0 Å². The minimum atomic E-state index is -0.175. The van der Waals surface area contributed by atoms with Gasteiger partial charge < -0.3 is 4.90 Å². The summed E-state index contributed by atoms with van der Waals surface area (Å²) in [5.41, 5.74) is 2.54. The summed E-state index contributed by atoms with van der Waals surface area (Å²) in [7, 11) is 0. The van der Waals surface area contributed by atoms with Crippen molar-refractivity contribution < 1.29 is 0 Å². The fourth-order valence-corrected chi connectivity index (χ4v) is 3.93. The summed E-state index contributed by atoms with van der Waals surface area (Å²) < 4.78 is 0. The highest BCUT2D eigenvalue weighted by atomic mass is 32.1. The zero-order valence-electron chi connectivity index (χ0n) is 14.6. The van der Waals surface area contributed by atoms with Crippen molar-refractivity contribution in [3.05, 3.63) is 56.8 Å². The van der Waals surface area contributed by atoms with Crippen molar-refractivity contribution in [1.29, 1.82) is 0 Å². The first-order valence-electron chi connectivity index (χ1n) is 8.60. The molecule has 4 rings (SSSR count). The third-order valence-corrected chi connectivity index (χ3v) is 5.30. The summed E-state index contributed by atoms with van der Waals surface area (Å²) >= 11 is 1.65. The van der Waals surface area contributed by atoms with Crippen molar-refractivity contribution in [3.63, 3.8) is 0 Å². The van der Waals surface area contributed by atoms with E-state index in [4.69, 9.17) is 0 Å². The zero-order valence-corrected chi connectivity index (χ0v) is 15.4. The number of hydrogen-bond acceptors (Lipinski definition) is 7.